The lowest BCUT2D eigenvalue weighted by molar-refractivity contribution is -0.114. The normalized spacial score (nSPS) is 10.1. The Labute approximate surface area is 131 Å². The van der Waals surface area contributed by atoms with Gasteiger partial charge in [0.1, 0.15) is 10.6 Å². The van der Waals surface area contributed by atoms with Gasteiger partial charge in [-0.25, -0.2) is 0 Å². The summed E-state index contributed by atoms with van der Waals surface area (Å²) in [6.07, 6.45) is 0.638. The minimum Gasteiger partial charge on any atom is -0.495 e. The van der Waals surface area contributed by atoms with Gasteiger partial charge in [-0.2, -0.15) is 0 Å². The molecule has 0 aliphatic rings. The minimum atomic E-state index is -0.272. The smallest absolute Gasteiger partial charge is 0.269 e. The van der Waals surface area contributed by atoms with Gasteiger partial charge < -0.3 is 15.4 Å². The summed E-state index contributed by atoms with van der Waals surface area (Å²) in [5.41, 5.74) is 1.70. The van der Waals surface area contributed by atoms with E-state index in [9.17, 15) is 9.59 Å². The number of hydrogen-bond acceptors (Lipinski definition) is 6. The van der Waals surface area contributed by atoms with Crippen LogP contribution in [0.2, 0.25) is 0 Å². The highest BCUT2D eigenvalue weighted by Crippen LogP contribution is 2.28. The maximum atomic E-state index is 12.2. The van der Waals surface area contributed by atoms with Gasteiger partial charge >= 0.3 is 0 Å². The van der Waals surface area contributed by atoms with Gasteiger partial charge in [-0.05, 0) is 36.2 Å². The fraction of sp³-hybridized carbons (Fsp3) is 0.286. The summed E-state index contributed by atoms with van der Waals surface area (Å²) in [4.78, 5) is 23.9. The van der Waals surface area contributed by atoms with Gasteiger partial charge in [-0.1, -0.05) is 11.4 Å². The van der Waals surface area contributed by atoms with Crippen LogP contribution < -0.4 is 15.4 Å². The summed E-state index contributed by atoms with van der Waals surface area (Å²) < 4.78 is 8.96. The lowest BCUT2D eigenvalue weighted by Crippen LogP contribution is -2.13. The van der Waals surface area contributed by atoms with Crippen LogP contribution in [-0.4, -0.2) is 28.5 Å². The lowest BCUT2D eigenvalue weighted by Gasteiger charge is -2.11. The fourth-order valence-corrected chi connectivity index (χ4v) is 2.52. The predicted octanol–water partition coefficient (Wildman–Crippen LogP) is 2.32. The van der Waals surface area contributed by atoms with Crippen molar-refractivity contribution in [3.05, 3.63) is 28.8 Å². The summed E-state index contributed by atoms with van der Waals surface area (Å²) in [5, 5.41) is 9.34. The van der Waals surface area contributed by atoms with Crippen LogP contribution in [0.3, 0.4) is 0 Å². The summed E-state index contributed by atoms with van der Waals surface area (Å²) in [6.45, 7) is 3.32. The van der Waals surface area contributed by atoms with Crippen molar-refractivity contribution in [2.75, 3.05) is 17.7 Å². The molecule has 2 aromatic rings. The molecule has 22 heavy (non-hydrogen) atoms. The molecule has 7 nitrogen and oxygen atoms in total. The second kappa shape index (κ2) is 6.99. The number of aromatic nitrogens is 2. The molecule has 116 valence electrons. The quantitative estimate of drug-likeness (QED) is 0.882. The molecule has 0 radical (unpaired) electrons. The standard InChI is InChI=1S/C14H16N4O3S/c1-4-10-13(22-18-17-10)14(20)16-9-5-6-12(21-3)11(7-9)15-8(2)19/h5-7H,4H2,1-3H3,(H,15,19)(H,16,20). The first-order valence-corrected chi connectivity index (χ1v) is 7.40. The van der Waals surface area contributed by atoms with Crippen molar-refractivity contribution in [2.24, 2.45) is 0 Å². The zero-order valence-corrected chi connectivity index (χ0v) is 13.3. The third kappa shape index (κ3) is 3.59. The Hall–Kier alpha value is -2.48. The van der Waals surface area contributed by atoms with E-state index >= 15 is 0 Å². The number of hydrogen-bond donors (Lipinski definition) is 2. The Balaban J connectivity index is 2.22. The number of benzene rings is 1. The minimum absolute atomic E-state index is 0.221. The largest absolute Gasteiger partial charge is 0.495 e. The fourth-order valence-electron chi connectivity index (χ4n) is 1.87. The molecule has 0 spiro atoms. The van der Waals surface area contributed by atoms with Gasteiger partial charge in [0.15, 0.2) is 0 Å². The first-order chi connectivity index (χ1) is 10.5. The average Bonchev–Trinajstić information content (AvgIpc) is 2.95. The third-order valence-electron chi connectivity index (χ3n) is 2.86. The molecule has 1 aromatic heterocycles. The average molecular weight is 320 g/mol. The molecular weight excluding hydrogens is 304 g/mol. The molecule has 0 aliphatic heterocycles. The molecule has 0 fully saturated rings. The molecular formula is C14H16N4O3S. The molecule has 2 N–H and O–H groups in total. The SMILES string of the molecule is CCc1nnsc1C(=O)Nc1ccc(OC)c(NC(C)=O)c1. The van der Waals surface area contributed by atoms with Gasteiger partial charge in [0.25, 0.3) is 5.91 Å². The summed E-state index contributed by atoms with van der Waals surface area (Å²) in [5.74, 6) is 0.0226. The van der Waals surface area contributed by atoms with E-state index in [1.54, 1.807) is 18.2 Å². The monoisotopic (exact) mass is 320 g/mol. The summed E-state index contributed by atoms with van der Waals surface area (Å²) in [6, 6.07) is 5.01. The molecule has 8 heteroatoms. The van der Waals surface area contributed by atoms with Crippen LogP contribution in [0.4, 0.5) is 11.4 Å². The third-order valence-corrected chi connectivity index (χ3v) is 3.63. The highest BCUT2D eigenvalue weighted by atomic mass is 32.1. The van der Waals surface area contributed by atoms with E-state index in [-0.39, 0.29) is 11.8 Å². The van der Waals surface area contributed by atoms with Crippen LogP contribution >= 0.6 is 11.5 Å². The van der Waals surface area contributed by atoms with Crippen LogP contribution in [0.1, 0.15) is 29.2 Å². The van der Waals surface area contributed by atoms with Crippen molar-refractivity contribution in [3.63, 3.8) is 0 Å². The molecule has 0 aliphatic carbocycles. The van der Waals surface area contributed by atoms with Crippen molar-refractivity contribution < 1.29 is 14.3 Å². The van der Waals surface area contributed by atoms with Crippen LogP contribution in [0.15, 0.2) is 18.2 Å². The lowest BCUT2D eigenvalue weighted by atomic mass is 10.2. The maximum absolute atomic E-state index is 12.2. The number of aryl methyl sites for hydroxylation is 1. The van der Waals surface area contributed by atoms with Gasteiger partial charge in [0, 0.05) is 12.6 Å². The van der Waals surface area contributed by atoms with E-state index in [2.05, 4.69) is 20.2 Å². The molecule has 0 bridgehead atoms. The van der Waals surface area contributed by atoms with Crippen LogP contribution in [0.25, 0.3) is 0 Å². The van der Waals surface area contributed by atoms with Crippen molar-refractivity contribution >= 4 is 34.7 Å². The predicted molar refractivity (Wildman–Crippen MR) is 84.5 cm³/mol. The van der Waals surface area contributed by atoms with E-state index in [1.807, 2.05) is 6.92 Å². The van der Waals surface area contributed by atoms with Gasteiger partial charge in [-0.15, -0.1) is 5.10 Å². The van der Waals surface area contributed by atoms with E-state index in [4.69, 9.17) is 4.74 Å². The first-order valence-electron chi connectivity index (χ1n) is 6.63. The number of anilines is 2. The molecule has 2 rings (SSSR count). The summed E-state index contributed by atoms with van der Waals surface area (Å²) >= 11 is 1.06. The van der Waals surface area contributed by atoms with Crippen molar-refractivity contribution in [1.82, 2.24) is 9.59 Å². The first kappa shape index (κ1) is 15.9. The second-order valence-electron chi connectivity index (χ2n) is 4.45. The number of ether oxygens (including phenoxy) is 1. The number of nitrogens with one attached hydrogen (secondary N) is 2. The van der Waals surface area contributed by atoms with Gasteiger partial charge in [0.05, 0.1) is 18.5 Å². The Kier molecular flexibility index (Phi) is 5.05. The second-order valence-corrected chi connectivity index (χ2v) is 5.21. The van der Waals surface area contributed by atoms with Crippen LogP contribution in [0, 0.1) is 0 Å². The zero-order valence-electron chi connectivity index (χ0n) is 12.5. The highest BCUT2D eigenvalue weighted by Gasteiger charge is 2.16. The van der Waals surface area contributed by atoms with Crippen LogP contribution in [-0.2, 0) is 11.2 Å². The van der Waals surface area contributed by atoms with Crippen LogP contribution in [0.5, 0.6) is 5.75 Å². The van der Waals surface area contributed by atoms with Crippen molar-refractivity contribution in [1.29, 1.82) is 0 Å². The van der Waals surface area contributed by atoms with Gasteiger partial charge in [0.2, 0.25) is 5.91 Å². The Morgan fingerprint density at radius 1 is 1.32 bits per heavy atom. The van der Waals surface area contributed by atoms with E-state index < -0.39 is 0 Å². The van der Waals surface area contributed by atoms with E-state index in [1.165, 1.54) is 14.0 Å². The molecule has 1 heterocycles. The highest BCUT2D eigenvalue weighted by molar-refractivity contribution is 7.08. The molecule has 2 amide bonds. The van der Waals surface area contributed by atoms with E-state index in [0.717, 1.165) is 11.5 Å². The van der Waals surface area contributed by atoms with Crippen molar-refractivity contribution in [3.8, 4) is 5.75 Å². The topological polar surface area (TPSA) is 93.2 Å². The number of nitrogens with zero attached hydrogens (tertiary/aromatic N) is 2. The summed E-state index contributed by atoms with van der Waals surface area (Å²) in [7, 11) is 1.51. The van der Waals surface area contributed by atoms with E-state index in [0.29, 0.717) is 34.1 Å². The molecule has 1 aromatic carbocycles. The van der Waals surface area contributed by atoms with Gasteiger partial charge in [-0.3, -0.25) is 9.59 Å². The van der Waals surface area contributed by atoms with Crippen molar-refractivity contribution in [2.45, 2.75) is 20.3 Å². The Morgan fingerprint density at radius 2 is 2.09 bits per heavy atom. The number of methoxy groups -OCH3 is 1. The number of carbonyl (C=O) groups is 2. The molecule has 0 atom stereocenters. The number of rotatable bonds is 5. The molecule has 0 saturated heterocycles. The Bertz CT molecular complexity index is 699. The Morgan fingerprint density at radius 3 is 2.73 bits per heavy atom. The number of carbonyl (C=O) groups excluding carboxylic acids is 2. The number of amides is 2. The molecule has 0 saturated carbocycles. The molecule has 0 unspecified atom stereocenters. The zero-order chi connectivity index (χ0) is 16.1. The maximum Gasteiger partial charge on any atom is 0.269 e.